The van der Waals surface area contributed by atoms with Crippen LogP contribution < -0.4 is 15.8 Å². The molecular formula is C12H20N2O. The van der Waals surface area contributed by atoms with Crippen molar-refractivity contribution in [2.45, 2.75) is 32.7 Å². The average molecular weight is 208 g/mol. The minimum Gasteiger partial charge on any atom is -0.497 e. The van der Waals surface area contributed by atoms with Gasteiger partial charge in [0.05, 0.1) is 18.5 Å². The van der Waals surface area contributed by atoms with Gasteiger partial charge in [0.15, 0.2) is 0 Å². The molecule has 0 fully saturated rings. The van der Waals surface area contributed by atoms with Crippen molar-refractivity contribution in [2.75, 3.05) is 18.2 Å². The number of ether oxygens (including phenoxy) is 1. The molecule has 0 aliphatic carbocycles. The Balaban J connectivity index is 2.69. The van der Waals surface area contributed by atoms with Crippen LogP contribution in [0.1, 0.15) is 26.7 Å². The zero-order valence-electron chi connectivity index (χ0n) is 9.71. The van der Waals surface area contributed by atoms with Crippen LogP contribution in [-0.2, 0) is 0 Å². The van der Waals surface area contributed by atoms with E-state index in [1.807, 2.05) is 18.2 Å². The van der Waals surface area contributed by atoms with Gasteiger partial charge in [-0.25, -0.2) is 0 Å². The van der Waals surface area contributed by atoms with E-state index >= 15 is 0 Å². The van der Waals surface area contributed by atoms with Crippen molar-refractivity contribution in [3.8, 4) is 5.75 Å². The van der Waals surface area contributed by atoms with Crippen LogP contribution in [0.25, 0.3) is 0 Å². The van der Waals surface area contributed by atoms with Crippen LogP contribution in [0.4, 0.5) is 11.4 Å². The Morgan fingerprint density at radius 1 is 1.47 bits per heavy atom. The average Bonchev–Trinajstić information content (AvgIpc) is 2.21. The zero-order valence-corrected chi connectivity index (χ0v) is 9.71. The number of hydrogen-bond acceptors (Lipinski definition) is 3. The topological polar surface area (TPSA) is 47.3 Å². The Bertz CT molecular complexity index is 312. The summed E-state index contributed by atoms with van der Waals surface area (Å²) < 4.78 is 5.09. The number of benzene rings is 1. The van der Waals surface area contributed by atoms with Crippen molar-refractivity contribution >= 4 is 11.4 Å². The van der Waals surface area contributed by atoms with Crippen LogP contribution in [0.3, 0.4) is 0 Å². The Morgan fingerprint density at radius 3 is 2.73 bits per heavy atom. The standard InChI is InChI=1S/C12H20N2O/c1-4-5-9(2)14-12-7-6-10(15-3)8-11(12)13/h6-9,14H,4-5,13H2,1-3H3. The summed E-state index contributed by atoms with van der Waals surface area (Å²) in [5.41, 5.74) is 7.62. The highest BCUT2D eigenvalue weighted by Gasteiger charge is 2.04. The molecule has 0 amide bonds. The summed E-state index contributed by atoms with van der Waals surface area (Å²) >= 11 is 0. The highest BCUT2D eigenvalue weighted by molar-refractivity contribution is 5.68. The van der Waals surface area contributed by atoms with Gasteiger partial charge >= 0.3 is 0 Å². The SMILES string of the molecule is CCCC(C)Nc1ccc(OC)cc1N. The van der Waals surface area contributed by atoms with Crippen LogP contribution in [0.2, 0.25) is 0 Å². The fraction of sp³-hybridized carbons (Fsp3) is 0.500. The molecule has 84 valence electrons. The predicted molar refractivity (Wildman–Crippen MR) is 65.4 cm³/mol. The molecule has 0 spiro atoms. The molecule has 0 saturated carbocycles. The molecule has 1 atom stereocenters. The summed E-state index contributed by atoms with van der Waals surface area (Å²) in [4.78, 5) is 0. The van der Waals surface area contributed by atoms with E-state index < -0.39 is 0 Å². The summed E-state index contributed by atoms with van der Waals surface area (Å²) in [6.07, 6.45) is 2.32. The summed E-state index contributed by atoms with van der Waals surface area (Å²) in [5.74, 6) is 0.793. The maximum Gasteiger partial charge on any atom is 0.121 e. The second-order valence-corrected chi connectivity index (χ2v) is 3.79. The third kappa shape index (κ3) is 3.35. The lowest BCUT2D eigenvalue weighted by atomic mass is 10.1. The maximum absolute atomic E-state index is 5.90. The molecule has 1 rings (SSSR count). The summed E-state index contributed by atoms with van der Waals surface area (Å²) in [6.45, 7) is 4.34. The van der Waals surface area contributed by atoms with Gasteiger partial charge in [-0.3, -0.25) is 0 Å². The van der Waals surface area contributed by atoms with Gasteiger partial charge in [0.1, 0.15) is 5.75 Å². The van der Waals surface area contributed by atoms with Crippen LogP contribution in [0, 0.1) is 0 Å². The Morgan fingerprint density at radius 2 is 2.20 bits per heavy atom. The second-order valence-electron chi connectivity index (χ2n) is 3.79. The summed E-state index contributed by atoms with van der Waals surface area (Å²) in [7, 11) is 1.64. The fourth-order valence-corrected chi connectivity index (χ4v) is 1.57. The second kappa shape index (κ2) is 5.49. The Labute approximate surface area is 91.6 Å². The zero-order chi connectivity index (χ0) is 11.3. The first kappa shape index (κ1) is 11.7. The molecule has 0 aliphatic rings. The third-order valence-electron chi connectivity index (χ3n) is 2.38. The minimum absolute atomic E-state index is 0.450. The molecular weight excluding hydrogens is 188 g/mol. The number of nitrogens with two attached hydrogens (primary N) is 1. The first-order valence-corrected chi connectivity index (χ1v) is 5.37. The summed E-state index contributed by atoms with van der Waals surface area (Å²) in [6, 6.07) is 6.16. The van der Waals surface area contributed by atoms with Gasteiger partial charge in [-0.15, -0.1) is 0 Å². The van der Waals surface area contributed by atoms with Crippen LogP contribution in [0.5, 0.6) is 5.75 Å². The van der Waals surface area contributed by atoms with Gasteiger partial charge in [-0.2, -0.15) is 0 Å². The number of nitrogen functional groups attached to an aromatic ring is 1. The van der Waals surface area contributed by atoms with Crippen molar-refractivity contribution in [1.82, 2.24) is 0 Å². The quantitative estimate of drug-likeness (QED) is 0.731. The van der Waals surface area contributed by atoms with E-state index in [-0.39, 0.29) is 0 Å². The van der Waals surface area contributed by atoms with Crippen molar-refractivity contribution in [3.63, 3.8) is 0 Å². The van der Waals surface area contributed by atoms with Gasteiger partial charge < -0.3 is 15.8 Å². The largest absolute Gasteiger partial charge is 0.497 e. The van der Waals surface area contributed by atoms with E-state index in [1.54, 1.807) is 7.11 Å². The molecule has 1 aromatic rings. The van der Waals surface area contributed by atoms with Gasteiger partial charge in [0.2, 0.25) is 0 Å². The molecule has 3 nitrogen and oxygen atoms in total. The lowest BCUT2D eigenvalue weighted by Gasteiger charge is -2.16. The van der Waals surface area contributed by atoms with Gasteiger partial charge in [-0.05, 0) is 25.5 Å². The Hall–Kier alpha value is -1.38. The highest BCUT2D eigenvalue weighted by atomic mass is 16.5. The van der Waals surface area contributed by atoms with Crippen LogP contribution in [-0.4, -0.2) is 13.2 Å². The van der Waals surface area contributed by atoms with Crippen molar-refractivity contribution in [1.29, 1.82) is 0 Å². The van der Waals surface area contributed by atoms with E-state index in [9.17, 15) is 0 Å². The Kier molecular flexibility index (Phi) is 4.28. The first-order valence-electron chi connectivity index (χ1n) is 5.37. The van der Waals surface area contributed by atoms with E-state index in [0.717, 1.165) is 23.5 Å². The molecule has 0 bridgehead atoms. The molecule has 0 aromatic heterocycles. The van der Waals surface area contributed by atoms with Gasteiger partial charge in [0, 0.05) is 12.1 Å². The predicted octanol–water partition coefficient (Wildman–Crippen LogP) is 2.88. The van der Waals surface area contributed by atoms with E-state index in [4.69, 9.17) is 10.5 Å². The lowest BCUT2D eigenvalue weighted by molar-refractivity contribution is 0.415. The normalized spacial score (nSPS) is 12.2. The van der Waals surface area contributed by atoms with Crippen LogP contribution >= 0.6 is 0 Å². The smallest absolute Gasteiger partial charge is 0.121 e. The monoisotopic (exact) mass is 208 g/mol. The molecule has 15 heavy (non-hydrogen) atoms. The molecule has 0 saturated heterocycles. The maximum atomic E-state index is 5.90. The van der Waals surface area contributed by atoms with E-state index in [2.05, 4.69) is 19.2 Å². The van der Waals surface area contributed by atoms with Crippen molar-refractivity contribution < 1.29 is 4.74 Å². The van der Waals surface area contributed by atoms with Crippen LogP contribution in [0.15, 0.2) is 18.2 Å². The molecule has 0 radical (unpaired) electrons. The molecule has 1 aromatic carbocycles. The molecule has 0 aliphatic heterocycles. The minimum atomic E-state index is 0.450. The van der Waals surface area contributed by atoms with Gasteiger partial charge in [0.25, 0.3) is 0 Å². The van der Waals surface area contributed by atoms with Crippen molar-refractivity contribution in [2.24, 2.45) is 0 Å². The number of nitrogens with one attached hydrogen (secondary N) is 1. The molecule has 1 unspecified atom stereocenters. The molecule has 0 heterocycles. The third-order valence-corrected chi connectivity index (χ3v) is 2.38. The van der Waals surface area contributed by atoms with Crippen molar-refractivity contribution in [3.05, 3.63) is 18.2 Å². The number of anilines is 2. The first-order chi connectivity index (χ1) is 7.17. The van der Waals surface area contributed by atoms with E-state index in [0.29, 0.717) is 6.04 Å². The number of methoxy groups -OCH3 is 1. The highest BCUT2D eigenvalue weighted by Crippen LogP contribution is 2.24. The summed E-state index contributed by atoms with van der Waals surface area (Å²) in [5, 5.41) is 3.38. The molecule has 3 heteroatoms. The van der Waals surface area contributed by atoms with E-state index in [1.165, 1.54) is 6.42 Å². The lowest BCUT2D eigenvalue weighted by Crippen LogP contribution is -2.15. The fourth-order valence-electron chi connectivity index (χ4n) is 1.57. The molecule has 3 N–H and O–H groups in total. The number of hydrogen-bond donors (Lipinski definition) is 2. The van der Waals surface area contributed by atoms with Gasteiger partial charge in [-0.1, -0.05) is 13.3 Å². The number of rotatable bonds is 5.